The summed E-state index contributed by atoms with van der Waals surface area (Å²) < 4.78 is 0. The molecule has 6 nitrogen and oxygen atoms in total. The molecule has 24 heavy (non-hydrogen) atoms. The van der Waals surface area contributed by atoms with Gasteiger partial charge in [-0.05, 0) is 30.0 Å². The highest BCUT2D eigenvalue weighted by atomic mass is 32.1. The summed E-state index contributed by atoms with van der Waals surface area (Å²) in [6.07, 6.45) is 3.05. The second kappa shape index (κ2) is 7.43. The number of aromatic nitrogens is 1. The van der Waals surface area contributed by atoms with Gasteiger partial charge in [0.25, 0.3) is 0 Å². The molecule has 2 unspecified atom stereocenters. The number of nitriles is 1. The van der Waals surface area contributed by atoms with Gasteiger partial charge in [-0.3, -0.25) is 4.79 Å². The highest BCUT2D eigenvalue weighted by Crippen LogP contribution is 2.21. The lowest BCUT2D eigenvalue weighted by molar-refractivity contribution is -0.122. The van der Waals surface area contributed by atoms with Gasteiger partial charge in [-0.25, -0.2) is 4.98 Å². The average Bonchev–Trinajstić information content (AvgIpc) is 3.26. The van der Waals surface area contributed by atoms with Gasteiger partial charge in [0.1, 0.15) is 11.9 Å². The minimum Gasteiger partial charge on any atom is -0.353 e. The van der Waals surface area contributed by atoms with Gasteiger partial charge >= 0.3 is 0 Å². The molecule has 1 aliphatic heterocycles. The molecule has 3 heterocycles. The first-order valence-electron chi connectivity index (χ1n) is 7.86. The number of nitrogens with two attached hydrogens (primary N) is 1. The molecule has 3 rings (SSSR count). The number of hydrogen-bond donors (Lipinski definition) is 2. The van der Waals surface area contributed by atoms with E-state index < -0.39 is 6.04 Å². The maximum atomic E-state index is 12.3. The highest BCUT2D eigenvalue weighted by Gasteiger charge is 2.27. The number of pyridine rings is 1. The normalized spacial score (nSPS) is 18.2. The zero-order chi connectivity index (χ0) is 16.9. The quantitative estimate of drug-likeness (QED) is 0.854. The Hall–Kier alpha value is -2.43. The fourth-order valence-corrected chi connectivity index (χ4v) is 3.62. The summed E-state index contributed by atoms with van der Waals surface area (Å²) in [5.41, 5.74) is 6.56. The maximum absolute atomic E-state index is 12.3. The predicted octanol–water partition coefficient (Wildman–Crippen LogP) is 1.28. The van der Waals surface area contributed by atoms with E-state index in [2.05, 4.69) is 16.4 Å². The van der Waals surface area contributed by atoms with Crippen LogP contribution in [-0.2, 0) is 11.2 Å². The summed E-state index contributed by atoms with van der Waals surface area (Å²) in [6.45, 7) is 1.40. The molecule has 2 atom stereocenters. The van der Waals surface area contributed by atoms with Crippen molar-refractivity contribution in [3.63, 3.8) is 0 Å². The third kappa shape index (κ3) is 3.72. The standard InChI is InChI=1S/C17H19N5OS/c18-10-12-3-1-6-20-16(12)22-7-5-13(11-22)21-17(23)15(19)9-14-4-2-8-24-14/h1-4,6,8,13,15H,5,7,9,11,19H2,(H,21,23). The molecular weight excluding hydrogens is 322 g/mol. The lowest BCUT2D eigenvalue weighted by Crippen LogP contribution is -2.47. The summed E-state index contributed by atoms with van der Waals surface area (Å²) in [7, 11) is 0. The van der Waals surface area contributed by atoms with E-state index in [1.54, 1.807) is 29.7 Å². The number of nitrogens with one attached hydrogen (secondary N) is 1. The largest absolute Gasteiger partial charge is 0.353 e. The molecule has 2 aromatic heterocycles. The molecule has 2 aromatic rings. The van der Waals surface area contributed by atoms with Crippen LogP contribution in [0.25, 0.3) is 0 Å². The van der Waals surface area contributed by atoms with Crippen molar-refractivity contribution in [1.82, 2.24) is 10.3 Å². The molecule has 1 amide bonds. The minimum atomic E-state index is -0.540. The van der Waals surface area contributed by atoms with Crippen LogP contribution < -0.4 is 16.0 Å². The van der Waals surface area contributed by atoms with Crippen LogP contribution in [-0.4, -0.2) is 36.1 Å². The average molecular weight is 341 g/mol. The first kappa shape index (κ1) is 16.4. The molecule has 0 saturated carbocycles. The molecule has 3 N–H and O–H groups in total. The van der Waals surface area contributed by atoms with Crippen molar-refractivity contribution < 1.29 is 4.79 Å². The SMILES string of the molecule is N#Cc1cccnc1N1CCC(NC(=O)C(N)Cc2cccs2)C1. The van der Waals surface area contributed by atoms with Crippen molar-refractivity contribution in [2.75, 3.05) is 18.0 Å². The van der Waals surface area contributed by atoms with Gasteiger partial charge in [0, 0.05) is 36.6 Å². The Bertz CT molecular complexity index is 740. The van der Waals surface area contributed by atoms with Crippen molar-refractivity contribution in [1.29, 1.82) is 5.26 Å². The van der Waals surface area contributed by atoms with Crippen LogP contribution in [0.2, 0.25) is 0 Å². The minimum absolute atomic E-state index is 0.0282. The molecule has 0 aromatic carbocycles. The monoisotopic (exact) mass is 341 g/mol. The summed E-state index contributed by atoms with van der Waals surface area (Å²) in [5, 5.41) is 14.2. The molecule has 1 aliphatic rings. The molecule has 0 radical (unpaired) electrons. The smallest absolute Gasteiger partial charge is 0.237 e. The number of anilines is 1. The molecule has 1 saturated heterocycles. The first-order valence-corrected chi connectivity index (χ1v) is 8.73. The molecule has 0 spiro atoms. The third-order valence-corrected chi connectivity index (χ3v) is 4.98. The Morgan fingerprint density at radius 2 is 2.42 bits per heavy atom. The van der Waals surface area contributed by atoms with Crippen molar-refractivity contribution in [3.05, 3.63) is 46.3 Å². The number of rotatable bonds is 5. The van der Waals surface area contributed by atoms with Crippen molar-refractivity contribution in [2.45, 2.75) is 24.9 Å². The van der Waals surface area contributed by atoms with Gasteiger partial charge in [-0.1, -0.05) is 6.07 Å². The fourth-order valence-electron chi connectivity index (χ4n) is 2.85. The fraction of sp³-hybridized carbons (Fsp3) is 0.353. The number of hydrogen-bond acceptors (Lipinski definition) is 6. The van der Waals surface area contributed by atoms with E-state index in [0.29, 0.717) is 24.3 Å². The number of thiophene rings is 1. The van der Waals surface area contributed by atoms with E-state index >= 15 is 0 Å². The Labute approximate surface area is 144 Å². The van der Waals surface area contributed by atoms with E-state index in [-0.39, 0.29) is 11.9 Å². The van der Waals surface area contributed by atoms with Crippen LogP contribution in [0.4, 0.5) is 5.82 Å². The lowest BCUT2D eigenvalue weighted by Gasteiger charge is -2.20. The predicted molar refractivity (Wildman–Crippen MR) is 93.7 cm³/mol. The first-order chi connectivity index (χ1) is 11.7. The van der Waals surface area contributed by atoms with Crippen molar-refractivity contribution >= 4 is 23.1 Å². The van der Waals surface area contributed by atoms with Crippen LogP contribution in [0, 0.1) is 11.3 Å². The summed E-state index contributed by atoms with van der Waals surface area (Å²) in [5.74, 6) is 0.552. The van der Waals surface area contributed by atoms with Crippen molar-refractivity contribution in [2.24, 2.45) is 5.73 Å². The third-order valence-electron chi connectivity index (χ3n) is 4.08. The van der Waals surface area contributed by atoms with Gasteiger partial charge in [-0.2, -0.15) is 5.26 Å². The van der Waals surface area contributed by atoms with Crippen LogP contribution >= 0.6 is 11.3 Å². The Morgan fingerprint density at radius 1 is 1.54 bits per heavy atom. The van der Waals surface area contributed by atoms with E-state index in [1.165, 1.54) is 0 Å². The van der Waals surface area contributed by atoms with Crippen molar-refractivity contribution in [3.8, 4) is 6.07 Å². The van der Waals surface area contributed by atoms with E-state index in [1.807, 2.05) is 22.4 Å². The summed E-state index contributed by atoms with van der Waals surface area (Å²) >= 11 is 1.61. The van der Waals surface area contributed by atoms with E-state index in [4.69, 9.17) is 5.73 Å². The molecule has 0 bridgehead atoms. The van der Waals surface area contributed by atoms with Gasteiger partial charge in [-0.15, -0.1) is 11.3 Å². The summed E-state index contributed by atoms with van der Waals surface area (Å²) in [6, 6.07) is 9.10. The Balaban J connectivity index is 1.56. The molecule has 124 valence electrons. The van der Waals surface area contributed by atoms with E-state index in [9.17, 15) is 10.1 Å². The highest BCUT2D eigenvalue weighted by molar-refractivity contribution is 7.09. The maximum Gasteiger partial charge on any atom is 0.237 e. The lowest BCUT2D eigenvalue weighted by atomic mass is 10.1. The number of nitrogens with zero attached hydrogens (tertiary/aromatic N) is 3. The second-order valence-electron chi connectivity index (χ2n) is 5.82. The number of carbonyl (C=O) groups excluding carboxylic acids is 1. The van der Waals surface area contributed by atoms with Gasteiger partial charge in [0.2, 0.25) is 5.91 Å². The molecular formula is C17H19N5OS. The van der Waals surface area contributed by atoms with Crippen LogP contribution in [0.1, 0.15) is 16.9 Å². The molecule has 7 heteroatoms. The van der Waals surface area contributed by atoms with Crippen LogP contribution in [0.15, 0.2) is 35.8 Å². The topological polar surface area (TPSA) is 95.0 Å². The number of amides is 1. The van der Waals surface area contributed by atoms with Gasteiger partial charge in [0.15, 0.2) is 0 Å². The summed E-state index contributed by atoms with van der Waals surface area (Å²) in [4.78, 5) is 19.7. The van der Waals surface area contributed by atoms with Crippen LogP contribution in [0.3, 0.4) is 0 Å². The van der Waals surface area contributed by atoms with E-state index in [0.717, 1.165) is 17.8 Å². The Kier molecular flexibility index (Phi) is 5.08. The zero-order valence-corrected chi connectivity index (χ0v) is 14.0. The molecule has 1 fully saturated rings. The Morgan fingerprint density at radius 3 is 3.17 bits per heavy atom. The van der Waals surface area contributed by atoms with Crippen LogP contribution in [0.5, 0.6) is 0 Å². The van der Waals surface area contributed by atoms with Gasteiger partial charge < -0.3 is 16.0 Å². The zero-order valence-electron chi connectivity index (χ0n) is 13.2. The number of carbonyl (C=O) groups is 1. The van der Waals surface area contributed by atoms with Gasteiger partial charge in [0.05, 0.1) is 11.6 Å². The second-order valence-corrected chi connectivity index (χ2v) is 6.85. The molecule has 0 aliphatic carbocycles.